The van der Waals surface area contributed by atoms with Crippen LogP contribution < -0.4 is 4.72 Å². The zero-order chi connectivity index (χ0) is 16.6. The SMILES string of the molecule is Cc1ccc(Cn2cc(C)c3ccc(NS(C)(=O)=O)cc32)cc1. The molecule has 2 aromatic carbocycles. The molecule has 0 unspecified atom stereocenters. The smallest absolute Gasteiger partial charge is 0.229 e. The first kappa shape index (κ1) is 15.6. The Kier molecular flexibility index (Phi) is 3.90. The lowest BCUT2D eigenvalue weighted by Crippen LogP contribution is -2.09. The van der Waals surface area contributed by atoms with Crippen LogP contribution in [0.15, 0.2) is 48.7 Å². The van der Waals surface area contributed by atoms with Gasteiger partial charge in [0.2, 0.25) is 10.0 Å². The van der Waals surface area contributed by atoms with Gasteiger partial charge in [0.15, 0.2) is 0 Å². The average Bonchev–Trinajstić information content (AvgIpc) is 2.76. The van der Waals surface area contributed by atoms with Crippen LogP contribution in [0.4, 0.5) is 5.69 Å². The van der Waals surface area contributed by atoms with Crippen molar-refractivity contribution in [2.45, 2.75) is 20.4 Å². The van der Waals surface area contributed by atoms with E-state index in [0.29, 0.717) is 5.69 Å². The Bertz CT molecular complexity index is 955. The summed E-state index contributed by atoms with van der Waals surface area (Å²) in [6.45, 7) is 4.90. The molecule has 5 heteroatoms. The van der Waals surface area contributed by atoms with Gasteiger partial charge in [-0.15, -0.1) is 0 Å². The second-order valence-electron chi connectivity index (χ2n) is 6.03. The molecule has 0 bridgehead atoms. The highest BCUT2D eigenvalue weighted by atomic mass is 32.2. The van der Waals surface area contributed by atoms with Crippen LogP contribution in [0, 0.1) is 13.8 Å². The van der Waals surface area contributed by atoms with Crippen molar-refractivity contribution in [1.29, 1.82) is 0 Å². The monoisotopic (exact) mass is 328 g/mol. The van der Waals surface area contributed by atoms with Crippen molar-refractivity contribution >= 4 is 26.6 Å². The molecule has 1 aromatic heterocycles. The molecule has 0 aliphatic carbocycles. The molecule has 0 aliphatic rings. The highest BCUT2D eigenvalue weighted by Crippen LogP contribution is 2.25. The summed E-state index contributed by atoms with van der Waals surface area (Å²) in [6.07, 6.45) is 3.27. The van der Waals surface area contributed by atoms with Crippen LogP contribution >= 0.6 is 0 Å². The zero-order valence-electron chi connectivity index (χ0n) is 13.5. The fraction of sp³-hybridized carbons (Fsp3) is 0.222. The van der Waals surface area contributed by atoms with Gasteiger partial charge >= 0.3 is 0 Å². The number of nitrogens with zero attached hydrogens (tertiary/aromatic N) is 1. The third kappa shape index (κ3) is 3.56. The standard InChI is InChI=1S/C18H20N2O2S/c1-13-4-6-15(7-5-13)12-20-11-14(2)17-9-8-16(10-18(17)20)19-23(3,21)22/h4-11,19H,12H2,1-3H3. The molecule has 0 saturated heterocycles. The molecule has 0 atom stereocenters. The van der Waals surface area contributed by atoms with E-state index in [4.69, 9.17) is 0 Å². The number of anilines is 1. The van der Waals surface area contributed by atoms with Gasteiger partial charge in [-0.1, -0.05) is 35.9 Å². The van der Waals surface area contributed by atoms with E-state index in [-0.39, 0.29) is 0 Å². The number of rotatable bonds is 4. The fourth-order valence-corrected chi connectivity index (χ4v) is 3.33. The molecule has 3 rings (SSSR count). The van der Waals surface area contributed by atoms with Crippen molar-refractivity contribution in [2.24, 2.45) is 0 Å². The van der Waals surface area contributed by atoms with E-state index < -0.39 is 10.0 Å². The first-order valence-corrected chi connectivity index (χ1v) is 9.34. The van der Waals surface area contributed by atoms with Crippen LogP contribution in [0.1, 0.15) is 16.7 Å². The number of nitrogens with one attached hydrogen (secondary N) is 1. The highest BCUT2D eigenvalue weighted by molar-refractivity contribution is 7.92. The largest absolute Gasteiger partial charge is 0.343 e. The maximum absolute atomic E-state index is 11.4. The summed E-state index contributed by atoms with van der Waals surface area (Å²) in [7, 11) is -3.27. The molecule has 0 radical (unpaired) electrons. The maximum atomic E-state index is 11.4. The molecule has 1 N–H and O–H groups in total. The molecule has 0 amide bonds. The quantitative estimate of drug-likeness (QED) is 0.794. The van der Waals surface area contributed by atoms with Crippen LogP contribution in [0.3, 0.4) is 0 Å². The van der Waals surface area contributed by atoms with Crippen molar-refractivity contribution in [3.8, 4) is 0 Å². The number of sulfonamides is 1. The predicted octanol–water partition coefficient (Wildman–Crippen LogP) is 3.68. The van der Waals surface area contributed by atoms with Crippen molar-refractivity contribution in [2.75, 3.05) is 11.0 Å². The van der Waals surface area contributed by atoms with Gasteiger partial charge in [-0.2, -0.15) is 0 Å². The van der Waals surface area contributed by atoms with Gasteiger partial charge in [-0.05, 0) is 37.1 Å². The van der Waals surface area contributed by atoms with Crippen LogP contribution in [-0.2, 0) is 16.6 Å². The Morgan fingerprint density at radius 2 is 1.74 bits per heavy atom. The minimum Gasteiger partial charge on any atom is -0.343 e. The third-order valence-corrected chi connectivity index (χ3v) is 4.46. The Balaban J connectivity index is 2.02. The lowest BCUT2D eigenvalue weighted by atomic mass is 10.1. The summed E-state index contributed by atoms with van der Waals surface area (Å²) in [5.74, 6) is 0. The lowest BCUT2D eigenvalue weighted by molar-refractivity contribution is 0.607. The van der Waals surface area contributed by atoms with Crippen molar-refractivity contribution in [1.82, 2.24) is 4.57 Å². The van der Waals surface area contributed by atoms with Gasteiger partial charge in [-0.3, -0.25) is 4.72 Å². The lowest BCUT2D eigenvalue weighted by Gasteiger charge is -2.08. The molecule has 23 heavy (non-hydrogen) atoms. The highest BCUT2D eigenvalue weighted by Gasteiger charge is 2.09. The van der Waals surface area contributed by atoms with Crippen molar-refractivity contribution in [3.05, 3.63) is 65.4 Å². The number of benzene rings is 2. The van der Waals surface area contributed by atoms with E-state index in [9.17, 15) is 8.42 Å². The van der Waals surface area contributed by atoms with Crippen LogP contribution in [0.25, 0.3) is 10.9 Å². The average molecular weight is 328 g/mol. The van der Waals surface area contributed by atoms with E-state index in [1.807, 2.05) is 12.1 Å². The molecule has 0 saturated carbocycles. The minimum atomic E-state index is -3.27. The zero-order valence-corrected chi connectivity index (χ0v) is 14.3. The third-order valence-electron chi connectivity index (χ3n) is 3.86. The van der Waals surface area contributed by atoms with Gasteiger partial charge in [0, 0.05) is 18.1 Å². The van der Waals surface area contributed by atoms with Crippen LogP contribution in [0.5, 0.6) is 0 Å². The number of aromatic nitrogens is 1. The second-order valence-corrected chi connectivity index (χ2v) is 7.78. The number of aryl methyl sites for hydroxylation is 2. The van der Waals surface area contributed by atoms with E-state index in [2.05, 4.69) is 53.6 Å². The van der Waals surface area contributed by atoms with Crippen molar-refractivity contribution < 1.29 is 8.42 Å². The Hall–Kier alpha value is -2.27. The minimum absolute atomic E-state index is 0.586. The molecule has 1 heterocycles. The molecular formula is C18H20N2O2S. The number of hydrogen-bond acceptors (Lipinski definition) is 2. The number of hydrogen-bond donors (Lipinski definition) is 1. The van der Waals surface area contributed by atoms with E-state index in [1.165, 1.54) is 16.7 Å². The van der Waals surface area contributed by atoms with Gasteiger partial charge in [0.25, 0.3) is 0 Å². The van der Waals surface area contributed by atoms with Crippen LogP contribution in [0.2, 0.25) is 0 Å². The molecule has 0 spiro atoms. The van der Waals surface area contributed by atoms with Gasteiger partial charge in [0.1, 0.15) is 0 Å². The van der Waals surface area contributed by atoms with Gasteiger partial charge in [-0.25, -0.2) is 8.42 Å². The Labute approximate surface area is 136 Å². The van der Waals surface area contributed by atoms with Crippen molar-refractivity contribution in [3.63, 3.8) is 0 Å². The molecule has 3 aromatic rings. The summed E-state index contributed by atoms with van der Waals surface area (Å²) in [5, 5.41) is 1.14. The molecule has 0 fully saturated rings. The van der Waals surface area contributed by atoms with Gasteiger partial charge in [0.05, 0.1) is 17.5 Å². The maximum Gasteiger partial charge on any atom is 0.229 e. The first-order valence-electron chi connectivity index (χ1n) is 7.45. The summed E-state index contributed by atoms with van der Waals surface area (Å²) in [4.78, 5) is 0. The Morgan fingerprint density at radius 3 is 2.39 bits per heavy atom. The Morgan fingerprint density at radius 1 is 1.04 bits per heavy atom. The summed E-state index contributed by atoms with van der Waals surface area (Å²) < 4.78 is 27.6. The topological polar surface area (TPSA) is 51.1 Å². The number of fused-ring (bicyclic) bond motifs is 1. The van der Waals surface area contributed by atoms with Gasteiger partial charge < -0.3 is 4.57 Å². The summed E-state index contributed by atoms with van der Waals surface area (Å²) >= 11 is 0. The molecule has 120 valence electrons. The summed E-state index contributed by atoms with van der Waals surface area (Å²) in [5.41, 5.74) is 5.24. The van der Waals surface area contributed by atoms with E-state index >= 15 is 0 Å². The molecular weight excluding hydrogens is 308 g/mol. The normalized spacial score (nSPS) is 11.8. The summed E-state index contributed by atoms with van der Waals surface area (Å²) in [6, 6.07) is 14.1. The van der Waals surface area contributed by atoms with E-state index in [1.54, 1.807) is 6.07 Å². The van der Waals surface area contributed by atoms with Crippen LogP contribution in [-0.4, -0.2) is 19.2 Å². The molecule has 0 aliphatic heterocycles. The van der Waals surface area contributed by atoms with E-state index in [0.717, 1.165) is 23.7 Å². The fourth-order valence-electron chi connectivity index (χ4n) is 2.77. The first-order chi connectivity index (χ1) is 10.8. The second kappa shape index (κ2) is 5.74. The molecule has 4 nitrogen and oxygen atoms in total. The predicted molar refractivity (Wildman–Crippen MR) is 95.4 cm³/mol.